The fourth-order valence-corrected chi connectivity index (χ4v) is 4.29. The molecular formula is C19H25ClN2O3. The van der Waals surface area contributed by atoms with Gasteiger partial charge < -0.3 is 15.3 Å². The van der Waals surface area contributed by atoms with Crippen LogP contribution >= 0.6 is 11.6 Å². The van der Waals surface area contributed by atoms with Crippen molar-refractivity contribution in [2.45, 2.75) is 56.4 Å². The molecule has 136 valence electrons. The molecule has 0 bridgehead atoms. The summed E-state index contributed by atoms with van der Waals surface area (Å²) in [5.41, 5.74) is 0.494. The standard InChI is InChI=1S/C19H25ClN2O3/c20-15-8-6-14(7-9-15)19(10-2-1-3-11-19)17(23)21-16-5-4-12-22(13-16)18(24)25/h6-9,16H,1-5,10-13H2,(H,21,23)(H,24,25)/t16-/m1/s1. The van der Waals surface area contributed by atoms with E-state index in [2.05, 4.69) is 5.32 Å². The average molecular weight is 365 g/mol. The van der Waals surface area contributed by atoms with Crippen molar-refractivity contribution in [3.63, 3.8) is 0 Å². The molecule has 0 unspecified atom stereocenters. The fourth-order valence-electron chi connectivity index (χ4n) is 4.16. The van der Waals surface area contributed by atoms with Gasteiger partial charge in [0.2, 0.25) is 5.91 Å². The van der Waals surface area contributed by atoms with Crippen LogP contribution in [0.3, 0.4) is 0 Å². The first-order valence-electron chi connectivity index (χ1n) is 9.06. The lowest BCUT2D eigenvalue weighted by atomic mass is 9.68. The maximum atomic E-state index is 13.2. The Morgan fingerprint density at radius 2 is 1.80 bits per heavy atom. The van der Waals surface area contributed by atoms with E-state index >= 15 is 0 Å². The smallest absolute Gasteiger partial charge is 0.407 e. The topological polar surface area (TPSA) is 69.6 Å². The van der Waals surface area contributed by atoms with Gasteiger partial charge in [0.15, 0.2) is 0 Å². The second kappa shape index (κ2) is 7.65. The van der Waals surface area contributed by atoms with Crippen LogP contribution in [0.1, 0.15) is 50.5 Å². The highest BCUT2D eigenvalue weighted by Gasteiger charge is 2.42. The molecule has 2 aliphatic rings. The van der Waals surface area contributed by atoms with E-state index in [0.29, 0.717) is 18.1 Å². The molecule has 25 heavy (non-hydrogen) atoms. The minimum Gasteiger partial charge on any atom is -0.465 e. The minimum atomic E-state index is -0.913. The number of hydrogen-bond donors (Lipinski definition) is 2. The Hall–Kier alpha value is -1.75. The zero-order valence-corrected chi connectivity index (χ0v) is 15.1. The number of piperidine rings is 1. The number of nitrogens with zero attached hydrogens (tertiary/aromatic N) is 1. The molecule has 0 radical (unpaired) electrons. The van der Waals surface area contributed by atoms with Gasteiger partial charge >= 0.3 is 6.09 Å². The fraction of sp³-hybridized carbons (Fsp3) is 0.579. The molecule has 6 heteroatoms. The van der Waals surface area contributed by atoms with E-state index in [1.807, 2.05) is 24.3 Å². The van der Waals surface area contributed by atoms with Crippen LogP contribution in [0.5, 0.6) is 0 Å². The normalized spacial score (nSPS) is 23.1. The number of likely N-dealkylation sites (tertiary alicyclic amines) is 1. The highest BCUT2D eigenvalue weighted by molar-refractivity contribution is 6.30. The Bertz CT molecular complexity index is 626. The third-order valence-electron chi connectivity index (χ3n) is 5.57. The average Bonchev–Trinajstić information content (AvgIpc) is 2.63. The summed E-state index contributed by atoms with van der Waals surface area (Å²) in [6, 6.07) is 7.49. The molecule has 1 aliphatic carbocycles. The maximum absolute atomic E-state index is 13.2. The molecule has 5 nitrogen and oxygen atoms in total. The summed E-state index contributed by atoms with van der Waals surface area (Å²) >= 11 is 6.02. The van der Waals surface area contributed by atoms with Crippen LogP contribution < -0.4 is 5.32 Å². The van der Waals surface area contributed by atoms with Crippen LogP contribution in [0.2, 0.25) is 5.02 Å². The summed E-state index contributed by atoms with van der Waals surface area (Å²) in [6.07, 6.45) is 5.57. The molecule has 1 saturated heterocycles. The first-order chi connectivity index (χ1) is 12.0. The van der Waals surface area contributed by atoms with Gasteiger partial charge in [-0.1, -0.05) is 43.0 Å². The third-order valence-corrected chi connectivity index (χ3v) is 5.82. The van der Waals surface area contributed by atoms with Crippen LogP contribution in [0, 0.1) is 0 Å². The number of rotatable bonds is 3. The molecule has 1 atom stereocenters. The summed E-state index contributed by atoms with van der Waals surface area (Å²) in [5.74, 6) is 0.0340. The molecule has 1 aromatic carbocycles. The summed E-state index contributed by atoms with van der Waals surface area (Å²) in [4.78, 5) is 25.8. The second-order valence-corrected chi connectivity index (χ2v) is 7.63. The first-order valence-corrected chi connectivity index (χ1v) is 9.44. The minimum absolute atomic E-state index is 0.0340. The number of carbonyl (C=O) groups is 2. The van der Waals surface area contributed by atoms with Crippen LogP contribution in [0.25, 0.3) is 0 Å². The van der Waals surface area contributed by atoms with Gasteiger partial charge in [-0.2, -0.15) is 0 Å². The van der Waals surface area contributed by atoms with Gasteiger partial charge in [-0.05, 0) is 43.4 Å². The monoisotopic (exact) mass is 364 g/mol. The third kappa shape index (κ3) is 3.92. The molecule has 0 spiro atoms. The second-order valence-electron chi connectivity index (χ2n) is 7.19. The molecule has 2 N–H and O–H groups in total. The maximum Gasteiger partial charge on any atom is 0.407 e. The zero-order valence-electron chi connectivity index (χ0n) is 14.3. The van der Waals surface area contributed by atoms with E-state index in [-0.39, 0.29) is 11.9 Å². The Morgan fingerprint density at radius 3 is 2.44 bits per heavy atom. The lowest BCUT2D eigenvalue weighted by Gasteiger charge is -2.39. The Morgan fingerprint density at radius 1 is 1.12 bits per heavy atom. The van der Waals surface area contributed by atoms with Gasteiger partial charge in [-0.3, -0.25) is 4.79 Å². The van der Waals surface area contributed by atoms with Crippen LogP contribution in [0.4, 0.5) is 4.79 Å². The molecule has 3 rings (SSSR count). The number of nitrogens with one attached hydrogen (secondary N) is 1. The summed E-state index contributed by atoms with van der Waals surface area (Å²) in [6.45, 7) is 0.918. The molecule has 1 heterocycles. The largest absolute Gasteiger partial charge is 0.465 e. The number of halogens is 1. The summed E-state index contributed by atoms with van der Waals surface area (Å²) in [5, 5.41) is 13.0. The van der Waals surface area contributed by atoms with E-state index in [0.717, 1.165) is 50.5 Å². The zero-order chi connectivity index (χ0) is 17.9. The van der Waals surface area contributed by atoms with E-state index in [1.165, 1.54) is 4.90 Å². The van der Waals surface area contributed by atoms with E-state index in [1.54, 1.807) is 0 Å². The van der Waals surface area contributed by atoms with E-state index in [4.69, 9.17) is 11.6 Å². The van der Waals surface area contributed by atoms with Crippen molar-refractivity contribution in [3.8, 4) is 0 Å². The predicted octanol–water partition coefficient (Wildman–Crippen LogP) is 3.80. The molecule has 1 aliphatic heterocycles. The number of carboxylic acid groups (broad SMARTS) is 1. The Labute approximate surface area is 153 Å². The molecule has 0 aromatic heterocycles. The molecule has 1 saturated carbocycles. The highest BCUT2D eigenvalue weighted by Crippen LogP contribution is 2.40. The van der Waals surface area contributed by atoms with Crippen LogP contribution in [-0.2, 0) is 10.2 Å². The molecule has 2 fully saturated rings. The van der Waals surface area contributed by atoms with Crippen LogP contribution in [-0.4, -0.2) is 41.1 Å². The first kappa shape index (κ1) is 18.1. The van der Waals surface area contributed by atoms with Crippen molar-refractivity contribution >= 4 is 23.6 Å². The van der Waals surface area contributed by atoms with Crippen molar-refractivity contribution in [1.29, 1.82) is 0 Å². The summed E-state index contributed by atoms with van der Waals surface area (Å²) < 4.78 is 0. The van der Waals surface area contributed by atoms with E-state index in [9.17, 15) is 14.7 Å². The van der Waals surface area contributed by atoms with Crippen molar-refractivity contribution in [1.82, 2.24) is 10.2 Å². The molecular weight excluding hydrogens is 340 g/mol. The van der Waals surface area contributed by atoms with Crippen molar-refractivity contribution < 1.29 is 14.7 Å². The van der Waals surface area contributed by atoms with Gasteiger partial charge in [0.25, 0.3) is 0 Å². The number of hydrogen-bond acceptors (Lipinski definition) is 2. The molecule has 2 amide bonds. The van der Waals surface area contributed by atoms with Gasteiger partial charge in [-0.15, -0.1) is 0 Å². The Balaban J connectivity index is 1.78. The molecule has 1 aromatic rings. The van der Waals surface area contributed by atoms with Crippen molar-refractivity contribution in [2.24, 2.45) is 0 Å². The number of carbonyl (C=O) groups excluding carboxylic acids is 1. The lowest BCUT2D eigenvalue weighted by Crippen LogP contribution is -2.54. The quantitative estimate of drug-likeness (QED) is 0.857. The van der Waals surface area contributed by atoms with Crippen molar-refractivity contribution in [2.75, 3.05) is 13.1 Å². The predicted molar refractivity (Wildman–Crippen MR) is 97.0 cm³/mol. The van der Waals surface area contributed by atoms with Gasteiger partial charge in [0.05, 0.1) is 5.41 Å². The number of amides is 2. The van der Waals surface area contributed by atoms with Crippen LogP contribution in [0.15, 0.2) is 24.3 Å². The van der Waals surface area contributed by atoms with Gasteiger partial charge in [0.1, 0.15) is 0 Å². The highest BCUT2D eigenvalue weighted by atomic mass is 35.5. The Kier molecular flexibility index (Phi) is 5.52. The van der Waals surface area contributed by atoms with Gasteiger partial charge in [0, 0.05) is 24.2 Å². The lowest BCUT2D eigenvalue weighted by molar-refractivity contribution is -0.129. The van der Waals surface area contributed by atoms with Crippen molar-refractivity contribution in [3.05, 3.63) is 34.9 Å². The summed E-state index contributed by atoms with van der Waals surface area (Å²) in [7, 11) is 0. The van der Waals surface area contributed by atoms with Gasteiger partial charge in [-0.25, -0.2) is 4.79 Å². The SMILES string of the molecule is O=C(O)N1CCC[C@@H](NC(=O)C2(c3ccc(Cl)cc3)CCCCC2)C1. The van der Waals surface area contributed by atoms with E-state index < -0.39 is 11.5 Å². The number of benzene rings is 1.